The zero-order chi connectivity index (χ0) is 11.1. The molecule has 1 aromatic rings. The van der Waals surface area contributed by atoms with Crippen molar-refractivity contribution in [1.29, 1.82) is 0 Å². The highest BCUT2D eigenvalue weighted by Gasteiger charge is 2.02. The molecule has 0 saturated heterocycles. The Bertz CT molecular complexity index is 289. The van der Waals surface area contributed by atoms with Crippen LogP contribution >= 0.6 is 36.1 Å². The van der Waals surface area contributed by atoms with Crippen LogP contribution in [-0.4, -0.2) is 34.1 Å². The molecule has 0 spiro atoms. The van der Waals surface area contributed by atoms with Crippen LogP contribution in [0.25, 0.3) is 0 Å². The molecule has 0 unspecified atom stereocenters. The summed E-state index contributed by atoms with van der Waals surface area (Å²) in [6.07, 6.45) is 0. The van der Waals surface area contributed by atoms with Crippen LogP contribution in [0.5, 0.6) is 0 Å². The van der Waals surface area contributed by atoms with Crippen LogP contribution in [0.2, 0.25) is 0 Å². The van der Waals surface area contributed by atoms with E-state index in [1.54, 1.807) is 18.8 Å². The maximum Gasteiger partial charge on any atom is 0.326 e. The summed E-state index contributed by atoms with van der Waals surface area (Å²) < 4.78 is 5.42. The third kappa shape index (κ3) is 5.29. The number of thioether (sulfide) groups is 1. The third-order valence-electron chi connectivity index (χ3n) is 1.56. The third-order valence-corrected chi connectivity index (χ3v) is 3.33. The van der Waals surface area contributed by atoms with Crippen LogP contribution in [0.3, 0.4) is 0 Å². The average Bonchev–Trinajstić information content (AvgIpc) is 2.69. The molecule has 1 heterocycles. The Labute approximate surface area is 103 Å². The summed E-state index contributed by atoms with van der Waals surface area (Å²) in [6.45, 7) is 0.651. The Kier molecular flexibility index (Phi) is 5.89. The fourth-order valence-corrected chi connectivity index (χ4v) is 2.29. The second-order valence-corrected chi connectivity index (χ2v) is 5.17. The predicted molar refractivity (Wildman–Crippen MR) is 68.4 cm³/mol. The largest absolute Gasteiger partial charge is 0.336 e. The van der Waals surface area contributed by atoms with Gasteiger partial charge < -0.3 is 5.32 Å². The van der Waals surface area contributed by atoms with E-state index >= 15 is 0 Å². The van der Waals surface area contributed by atoms with Crippen LogP contribution in [0.4, 0.5) is 4.79 Å². The van der Waals surface area contributed by atoms with Crippen molar-refractivity contribution in [2.24, 2.45) is 0 Å². The van der Waals surface area contributed by atoms with Crippen molar-refractivity contribution in [3.8, 4) is 0 Å². The molecule has 0 atom stereocenters. The van der Waals surface area contributed by atoms with E-state index in [-0.39, 0.29) is 6.03 Å². The highest BCUT2D eigenvalue weighted by Crippen LogP contribution is 2.10. The lowest BCUT2D eigenvalue weighted by atomic mass is 10.5. The summed E-state index contributed by atoms with van der Waals surface area (Å²) in [5.41, 5.74) is 1.10. The summed E-state index contributed by atoms with van der Waals surface area (Å²) in [7, 11) is 1.60. The maximum absolute atomic E-state index is 11.1. The Morgan fingerprint density at radius 3 is 3.20 bits per heavy atom. The number of urea groups is 1. The molecule has 0 radical (unpaired) electrons. The van der Waals surface area contributed by atoms with Crippen molar-refractivity contribution in [2.45, 2.75) is 5.75 Å². The normalized spacial score (nSPS) is 10.0. The van der Waals surface area contributed by atoms with Gasteiger partial charge in [0.2, 0.25) is 0 Å². The number of nitrogens with one attached hydrogen (secondary N) is 1. The molecule has 0 bridgehead atoms. The van der Waals surface area contributed by atoms with Crippen LogP contribution in [-0.2, 0) is 5.75 Å². The van der Waals surface area contributed by atoms with Gasteiger partial charge in [0.15, 0.2) is 0 Å². The fraction of sp³-hybridized carbons (Fsp3) is 0.500. The second kappa shape index (κ2) is 6.97. The van der Waals surface area contributed by atoms with E-state index in [0.29, 0.717) is 6.54 Å². The van der Waals surface area contributed by atoms with E-state index < -0.39 is 0 Å². The topological polar surface area (TPSA) is 45.2 Å². The van der Waals surface area contributed by atoms with Crippen molar-refractivity contribution in [3.05, 3.63) is 17.1 Å². The number of hydrogen-bond acceptors (Lipinski definition) is 5. The number of nitrogens with zero attached hydrogens (tertiary/aromatic N) is 2. The number of amides is 2. The van der Waals surface area contributed by atoms with Gasteiger partial charge in [-0.05, 0) is 17.6 Å². The van der Waals surface area contributed by atoms with Gasteiger partial charge in [0.05, 0.1) is 5.69 Å². The summed E-state index contributed by atoms with van der Waals surface area (Å²) in [5, 5.41) is 4.70. The maximum atomic E-state index is 11.1. The van der Waals surface area contributed by atoms with Crippen LogP contribution in [0.15, 0.2) is 11.4 Å². The minimum Gasteiger partial charge on any atom is -0.336 e. The molecular weight excluding hydrogens is 250 g/mol. The van der Waals surface area contributed by atoms with Gasteiger partial charge in [-0.15, -0.1) is 0 Å². The van der Waals surface area contributed by atoms with E-state index in [1.807, 2.05) is 11.4 Å². The highest BCUT2D eigenvalue weighted by atomic mass is 32.2. The Hall–Kier alpha value is -0.400. The highest BCUT2D eigenvalue weighted by molar-refractivity contribution is 7.98. The number of carbonyl (C=O) groups excluding carboxylic acids is 1. The summed E-state index contributed by atoms with van der Waals surface area (Å²) in [6, 6.07) is 1.84. The Morgan fingerprint density at radius 2 is 2.60 bits per heavy atom. The molecule has 1 rings (SSSR count). The smallest absolute Gasteiger partial charge is 0.326 e. The van der Waals surface area contributed by atoms with E-state index in [0.717, 1.165) is 17.2 Å². The van der Waals surface area contributed by atoms with E-state index in [2.05, 4.69) is 22.5 Å². The van der Waals surface area contributed by atoms with Gasteiger partial charge in [0.25, 0.3) is 0 Å². The molecule has 84 valence electrons. The summed E-state index contributed by atoms with van der Waals surface area (Å²) >= 11 is 7.09. The molecule has 0 saturated carbocycles. The first-order valence-corrected chi connectivity index (χ1v) is 6.76. The fourth-order valence-electron chi connectivity index (χ4n) is 0.833. The van der Waals surface area contributed by atoms with E-state index in [4.69, 9.17) is 0 Å². The van der Waals surface area contributed by atoms with Gasteiger partial charge >= 0.3 is 6.03 Å². The first-order valence-electron chi connectivity index (χ1n) is 4.37. The number of thiol groups is 1. The van der Waals surface area contributed by atoms with Gasteiger partial charge in [0, 0.05) is 30.5 Å². The molecule has 1 aromatic heterocycles. The lowest BCUT2D eigenvalue weighted by molar-refractivity contribution is 0.231. The van der Waals surface area contributed by atoms with Crippen molar-refractivity contribution in [1.82, 2.24) is 14.0 Å². The van der Waals surface area contributed by atoms with Gasteiger partial charge in [-0.2, -0.15) is 16.1 Å². The zero-order valence-electron chi connectivity index (χ0n) is 8.34. The van der Waals surface area contributed by atoms with Crippen molar-refractivity contribution in [2.75, 3.05) is 19.3 Å². The average molecular weight is 263 g/mol. The standard InChI is InChI=1S/C8H13N3OS3/c1-11(13)8(12)9-3-5-14-6-7-2-4-15-10-7/h2,4,13H,3,5-6H2,1H3,(H,9,12). The minimum absolute atomic E-state index is 0.174. The number of carbonyl (C=O) groups is 1. The molecule has 0 aliphatic heterocycles. The van der Waals surface area contributed by atoms with Gasteiger partial charge in [-0.3, -0.25) is 4.31 Å². The monoisotopic (exact) mass is 263 g/mol. The summed E-state index contributed by atoms with van der Waals surface area (Å²) in [5.74, 6) is 1.78. The SMILES string of the molecule is CN(S)C(=O)NCCSCc1ccsn1. The van der Waals surface area contributed by atoms with Crippen molar-refractivity contribution in [3.63, 3.8) is 0 Å². The molecule has 0 fully saturated rings. The molecule has 15 heavy (non-hydrogen) atoms. The molecule has 7 heteroatoms. The molecule has 0 aromatic carbocycles. The molecule has 4 nitrogen and oxygen atoms in total. The van der Waals surface area contributed by atoms with E-state index in [1.165, 1.54) is 15.8 Å². The van der Waals surface area contributed by atoms with Crippen LogP contribution in [0.1, 0.15) is 5.69 Å². The Morgan fingerprint density at radius 1 is 1.80 bits per heavy atom. The molecular formula is C8H13N3OS3. The number of hydrogen-bond donors (Lipinski definition) is 2. The lowest BCUT2D eigenvalue weighted by Crippen LogP contribution is -2.32. The zero-order valence-corrected chi connectivity index (χ0v) is 10.9. The lowest BCUT2D eigenvalue weighted by Gasteiger charge is -2.09. The number of rotatable bonds is 5. The predicted octanol–water partition coefficient (Wildman–Crippen LogP) is 1.86. The van der Waals surface area contributed by atoms with Gasteiger partial charge in [-0.25, -0.2) is 4.79 Å². The van der Waals surface area contributed by atoms with Crippen LogP contribution in [0, 0.1) is 0 Å². The minimum atomic E-state index is -0.174. The van der Waals surface area contributed by atoms with Gasteiger partial charge in [-0.1, -0.05) is 12.8 Å². The second-order valence-electron chi connectivity index (χ2n) is 2.80. The molecule has 2 amide bonds. The van der Waals surface area contributed by atoms with E-state index in [9.17, 15) is 4.79 Å². The first-order chi connectivity index (χ1) is 7.20. The molecule has 0 aliphatic rings. The van der Waals surface area contributed by atoms with Gasteiger partial charge in [0.1, 0.15) is 0 Å². The molecule has 0 aliphatic carbocycles. The Balaban J connectivity index is 2.00. The summed E-state index contributed by atoms with van der Waals surface area (Å²) in [4.78, 5) is 11.1. The molecule has 1 N–H and O–H groups in total. The first kappa shape index (κ1) is 12.7. The quantitative estimate of drug-likeness (QED) is 0.629. The number of aromatic nitrogens is 1. The van der Waals surface area contributed by atoms with Crippen molar-refractivity contribution < 1.29 is 4.79 Å². The van der Waals surface area contributed by atoms with Crippen LogP contribution < -0.4 is 5.32 Å². The van der Waals surface area contributed by atoms with Crippen molar-refractivity contribution >= 4 is 42.1 Å².